The van der Waals surface area contributed by atoms with E-state index in [-0.39, 0.29) is 12.2 Å². The quantitative estimate of drug-likeness (QED) is 0.195. The van der Waals surface area contributed by atoms with Crippen molar-refractivity contribution in [2.75, 3.05) is 20.8 Å². The van der Waals surface area contributed by atoms with Crippen LogP contribution in [0.5, 0.6) is 0 Å². The topological polar surface area (TPSA) is 94.9 Å². The summed E-state index contributed by atoms with van der Waals surface area (Å²) in [5.74, 6) is -0.0176. The summed E-state index contributed by atoms with van der Waals surface area (Å²) in [5.41, 5.74) is 12.7. The second-order valence-corrected chi connectivity index (χ2v) is 1.80. The van der Waals surface area contributed by atoms with Crippen LogP contribution in [0.1, 0.15) is 0 Å². The molecule has 0 bridgehead atoms. The van der Waals surface area contributed by atoms with Crippen LogP contribution in [0.4, 0.5) is 0 Å². The van der Waals surface area contributed by atoms with E-state index in [1.165, 1.54) is 14.2 Å². The molecule has 0 atom stereocenters. The van der Waals surface area contributed by atoms with Gasteiger partial charge in [0.25, 0.3) is 0 Å². The van der Waals surface area contributed by atoms with Crippen LogP contribution in [0.15, 0.2) is 5.10 Å². The van der Waals surface area contributed by atoms with E-state index in [4.69, 9.17) is 20.9 Å². The molecule has 0 aliphatic carbocycles. The van der Waals surface area contributed by atoms with E-state index in [2.05, 4.69) is 10.5 Å². The first-order valence-corrected chi connectivity index (χ1v) is 3.07. The number of guanidine groups is 1. The zero-order valence-electron chi connectivity index (χ0n) is 6.70. The van der Waals surface area contributed by atoms with Crippen molar-refractivity contribution in [3.8, 4) is 0 Å². The van der Waals surface area contributed by atoms with Gasteiger partial charge in [-0.1, -0.05) is 0 Å². The van der Waals surface area contributed by atoms with Crippen LogP contribution >= 0.6 is 0 Å². The first-order chi connectivity index (χ1) is 5.20. The molecule has 11 heavy (non-hydrogen) atoms. The number of nitrogens with one attached hydrogen (secondary N) is 1. The number of hydrogen-bond donors (Lipinski definition) is 3. The predicted molar refractivity (Wildman–Crippen MR) is 41.6 cm³/mol. The van der Waals surface area contributed by atoms with Crippen molar-refractivity contribution >= 4 is 5.96 Å². The summed E-state index contributed by atoms with van der Waals surface area (Å²) < 4.78 is 9.69. The van der Waals surface area contributed by atoms with Gasteiger partial charge in [0, 0.05) is 14.2 Å². The van der Waals surface area contributed by atoms with E-state index in [1.54, 1.807) is 0 Å². The molecule has 5 N–H and O–H groups in total. The Labute approximate surface area is 65.5 Å². The zero-order valence-corrected chi connectivity index (χ0v) is 6.70. The average molecular weight is 162 g/mol. The molecule has 0 aromatic heterocycles. The van der Waals surface area contributed by atoms with Gasteiger partial charge in [0.15, 0.2) is 6.29 Å². The first-order valence-electron chi connectivity index (χ1n) is 3.07. The summed E-state index contributed by atoms with van der Waals surface area (Å²) in [6.07, 6.45) is -0.335. The molecule has 0 rings (SSSR count). The number of nitrogens with two attached hydrogens (primary N) is 2. The van der Waals surface area contributed by atoms with Crippen LogP contribution < -0.4 is 16.9 Å². The van der Waals surface area contributed by atoms with E-state index in [0.717, 1.165) is 0 Å². The van der Waals surface area contributed by atoms with Gasteiger partial charge in [0.05, 0.1) is 6.54 Å². The van der Waals surface area contributed by atoms with E-state index < -0.39 is 0 Å². The molecule has 0 aromatic rings. The Morgan fingerprint density at radius 1 is 1.45 bits per heavy atom. The van der Waals surface area contributed by atoms with Gasteiger partial charge in [-0.05, 0) is 0 Å². The molecule has 0 fully saturated rings. The Balaban J connectivity index is 3.43. The van der Waals surface area contributed by atoms with Gasteiger partial charge in [-0.15, -0.1) is 5.10 Å². The SMILES string of the molecule is COC(CNN=C(N)N)OC. The van der Waals surface area contributed by atoms with Crippen LogP contribution in [0, 0.1) is 0 Å². The van der Waals surface area contributed by atoms with Gasteiger partial charge in [-0.2, -0.15) is 0 Å². The van der Waals surface area contributed by atoms with Gasteiger partial charge in [0.2, 0.25) is 5.96 Å². The number of nitrogens with zero attached hydrogens (tertiary/aromatic N) is 1. The number of rotatable bonds is 5. The van der Waals surface area contributed by atoms with Gasteiger partial charge in [-0.3, -0.25) is 0 Å². The largest absolute Gasteiger partial charge is 0.369 e. The highest BCUT2D eigenvalue weighted by molar-refractivity contribution is 5.75. The monoisotopic (exact) mass is 162 g/mol. The predicted octanol–water partition coefficient (Wildman–Crippen LogP) is -1.62. The highest BCUT2D eigenvalue weighted by Gasteiger charge is 2.01. The molecule has 6 heteroatoms. The van der Waals surface area contributed by atoms with Crippen molar-refractivity contribution < 1.29 is 9.47 Å². The summed E-state index contributed by atoms with van der Waals surface area (Å²) in [6, 6.07) is 0. The Morgan fingerprint density at radius 3 is 2.36 bits per heavy atom. The van der Waals surface area contributed by atoms with Crippen LogP contribution in [0.3, 0.4) is 0 Å². The number of methoxy groups -OCH3 is 2. The Bertz CT molecular complexity index is 120. The van der Waals surface area contributed by atoms with Crippen LogP contribution in [-0.2, 0) is 9.47 Å². The second kappa shape index (κ2) is 5.75. The number of hydrazone groups is 1. The summed E-state index contributed by atoms with van der Waals surface area (Å²) in [7, 11) is 3.07. The Hall–Kier alpha value is -1.01. The molecule has 0 aliphatic rings. The summed E-state index contributed by atoms with van der Waals surface area (Å²) in [5, 5.41) is 3.52. The van der Waals surface area contributed by atoms with Crippen molar-refractivity contribution in [3.63, 3.8) is 0 Å². The molecule has 0 spiro atoms. The lowest BCUT2D eigenvalue weighted by atomic mass is 10.6. The van der Waals surface area contributed by atoms with Crippen LogP contribution in [-0.4, -0.2) is 33.0 Å². The fourth-order valence-electron chi connectivity index (χ4n) is 0.474. The third kappa shape index (κ3) is 5.43. The molecule has 0 radical (unpaired) electrons. The smallest absolute Gasteiger partial charge is 0.208 e. The molecule has 0 amide bonds. The fourth-order valence-corrected chi connectivity index (χ4v) is 0.474. The van der Waals surface area contributed by atoms with Gasteiger partial charge < -0.3 is 26.4 Å². The molecule has 0 saturated heterocycles. The maximum Gasteiger partial charge on any atom is 0.208 e. The van der Waals surface area contributed by atoms with Crippen molar-refractivity contribution in [2.45, 2.75) is 6.29 Å². The maximum absolute atomic E-state index is 5.05. The van der Waals surface area contributed by atoms with Gasteiger partial charge in [0.1, 0.15) is 0 Å². The number of ether oxygens (including phenoxy) is 2. The van der Waals surface area contributed by atoms with E-state index in [1.807, 2.05) is 0 Å². The first kappa shape index (κ1) is 9.99. The fraction of sp³-hybridized carbons (Fsp3) is 0.800. The average Bonchev–Trinajstić information content (AvgIpc) is 1.98. The molecule has 66 valence electrons. The van der Waals surface area contributed by atoms with E-state index in [0.29, 0.717) is 6.54 Å². The zero-order chi connectivity index (χ0) is 8.69. The second-order valence-electron chi connectivity index (χ2n) is 1.80. The maximum atomic E-state index is 5.05. The standard InChI is InChI=1S/C5H14N4O2/c1-10-4(11-2)3-8-9-5(6)7/h4,8H,3H2,1-2H3,(H4,6,7,9). The third-order valence-corrected chi connectivity index (χ3v) is 0.992. The lowest BCUT2D eigenvalue weighted by Gasteiger charge is -2.11. The minimum Gasteiger partial charge on any atom is -0.369 e. The van der Waals surface area contributed by atoms with E-state index >= 15 is 0 Å². The lowest BCUT2D eigenvalue weighted by Crippen LogP contribution is -2.31. The van der Waals surface area contributed by atoms with Gasteiger partial charge in [-0.25, -0.2) is 0 Å². The molecule has 6 nitrogen and oxygen atoms in total. The molecule has 0 unspecified atom stereocenters. The van der Waals surface area contributed by atoms with E-state index in [9.17, 15) is 0 Å². The van der Waals surface area contributed by atoms with Crippen molar-refractivity contribution in [2.24, 2.45) is 16.6 Å². The third-order valence-electron chi connectivity index (χ3n) is 0.992. The summed E-state index contributed by atoms with van der Waals surface area (Å²) in [6.45, 7) is 0.408. The van der Waals surface area contributed by atoms with Crippen LogP contribution in [0.2, 0.25) is 0 Å². The molecule has 0 heterocycles. The molecule has 0 aliphatic heterocycles. The summed E-state index contributed by atoms with van der Waals surface area (Å²) >= 11 is 0. The Kier molecular flexibility index (Phi) is 5.22. The van der Waals surface area contributed by atoms with Crippen molar-refractivity contribution in [1.82, 2.24) is 5.43 Å². The highest BCUT2D eigenvalue weighted by Crippen LogP contribution is 1.86. The number of hydrogen-bond acceptors (Lipinski definition) is 4. The van der Waals surface area contributed by atoms with Crippen molar-refractivity contribution in [1.29, 1.82) is 0 Å². The lowest BCUT2D eigenvalue weighted by molar-refractivity contribution is -0.0985. The molecule has 0 aromatic carbocycles. The molecular weight excluding hydrogens is 148 g/mol. The van der Waals surface area contributed by atoms with Crippen LogP contribution in [0.25, 0.3) is 0 Å². The Morgan fingerprint density at radius 2 is 2.00 bits per heavy atom. The van der Waals surface area contributed by atoms with Crippen molar-refractivity contribution in [3.05, 3.63) is 0 Å². The molecular formula is C5H14N4O2. The van der Waals surface area contributed by atoms with Gasteiger partial charge >= 0.3 is 0 Å². The minimum absolute atomic E-state index is 0.0176. The molecule has 0 saturated carbocycles. The minimum atomic E-state index is -0.335. The summed E-state index contributed by atoms with van der Waals surface area (Å²) in [4.78, 5) is 0. The highest BCUT2D eigenvalue weighted by atomic mass is 16.7. The normalized spacial score (nSPS) is 9.73.